The number of rotatable bonds is 6. The molecule has 23 heavy (non-hydrogen) atoms. The number of hydrogen-bond acceptors (Lipinski definition) is 3. The van der Waals surface area contributed by atoms with Crippen LogP contribution in [0.25, 0.3) is 11.3 Å². The van der Waals surface area contributed by atoms with Gasteiger partial charge in [-0.3, -0.25) is 4.79 Å². The van der Waals surface area contributed by atoms with Gasteiger partial charge in [0.2, 0.25) is 0 Å². The third kappa shape index (κ3) is 4.12. The number of carbonyl (C=O) groups excluding carboxylic acids is 1. The molecule has 0 bridgehead atoms. The van der Waals surface area contributed by atoms with Crippen LogP contribution in [0.4, 0.5) is 4.39 Å². The van der Waals surface area contributed by atoms with Gasteiger partial charge in [0.05, 0.1) is 11.1 Å². The standard InChI is InChI=1S/C17H21FN2O2.ClH/c1-3-17(4-2,11-19)20-16(21)15-10-9-14(22-15)12-7-5-6-8-13(12)18;/h5-10H,3-4,11,19H2,1-2H3,(H,20,21);1H. The van der Waals surface area contributed by atoms with E-state index in [0.29, 0.717) is 17.9 Å². The molecule has 0 saturated carbocycles. The summed E-state index contributed by atoms with van der Waals surface area (Å²) in [4.78, 5) is 12.3. The number of furan rings is 1. The smallest absolute Gasteiger partial charge is 0.287 e. The zero-order valence-electron chi connectivity index (χ0n) is 13.3. The molecule has 6 heteroatoms. The van der Waals surface area contributed by atoms with Gasteiger partial charge in [0.1, 0.15) is 11.6 Å². The highest BCUT2D eigenvalue weighted by molar-refractivity contribution is 5.92. The van der Waals surface area contributed by atoms with Gasteiger partial charge in [-0.25, -0.2) is 4.39 Å². The van der Waals surface area contributed by atoms with Gasteiger partial charge >= 0.3 is 0 Å². The Kier molecular flexibility index (Phi) is 6.79. The van der Waals surface area contributed by atoms with Gasteiger partial charge in [-0.1, -0.05) is 26.0 Å². The summed E-state index contributed by atoms with van der Waals surface area (Å²) >= 11 is 0. The SMILES string of the molecule is CCC(CC)(CN)NC(=O)c1ccc(-c2ccccc2F)o1.Cl. The van der Waals surface area contributed by atoms with E-state index in [4.69, 9.17) is 10.2 Å². The van der Waals surface area contributed by atoms with E-state index >= 15 is 0 Å². The largest absolute Gasteiger partial charge is 0.451 e. The molecular weight excluding hydrogens is 319 g/mol. The Labute approximate surface area is 141 Å². The lowest BCUT2D eigenvalue weighted by Crippen LogP contribution is -2.52. The van der Waals surface area contributed by atoms with Gasteiger partial charge < -0.3 is 15.5 Å². The van der Waals surface area contributed by atoms with E-state index in [0.717, 1.165) is 12.8 Å². The van der Waals surface area contributed by atoms with Gasteiger partial charge in [0.15, 0.2) is 5.76 Å². The Morgan fingerprint density at radius 2 is 1.87 bits per heavy atom. The zero-order valence-corrected chi connectivity index (χ0v) is 14.1. The number of benzene rings is 1. The van der Waals surface area contributed by atoms with Crippen LogP contribution in [-0.2, 0) is 0 Å². The van der Waals surface area contributed by atoms with E-state index in [9.17, 15) is 9.18 Å². The molecule has 0 saturated heterocycles. The van der Waals surface area contributed by atoms with Gasteiger partial charge in [0.25, 0.3) is 5.91 Å². The highest BCUT2D eigenvalue weighted by Gasteiger charge is 2.28. The first-order valence-electron chi connectivity index (χ1n) is 7.42. The molecule has 0 unspecified atom stereocenters. The molecule has 1 amide bonds. The minimum Gasteiger partial charge on any atom is -0.451 e. The third-order valence-electron chi connectivity index (χ3n) is 4.09. The molecule has 1 aromatic heterocycles. The van der Waals surface area contributed by atoms with Crippen LogP contribution in [0.1, 0.15) is 37.2 Å². The molecule has 126 valence electrons. The number of halogens is 2. The molecule has 0 aliphatic heterocycles. The molecule has 2 rings (SSSR count). The molecule has 0 radical (unpaired) electrons. The van der Waals surface area contributed by atoms with Crippen molar-refractivity contribution in [2.75, 3.05) is 6.54 Å². The summed E-state index contributed by atoms with van der Waals surface area (Å²) in [7, 11) is 0. The highest BCUT2D eigenvalue weighted by Crippen LogP contribution is 2.25. The van der Waals surface area contributed by atoms with Crippen molar-refractivity contribution in [3.05, 3.63) is 48.0 Å². The number of carbonyl (C=O) groups is 1. The molecule has 1 heterocycles. The summed E-state index contributed by atoms with van der Waals surface area (Å²) in [5, 5.41) is 2.92. The van der Waals surface area contributed by atoms with Crippen LogP contribution in [0, 0.1) is 5.82 Å². The van der Waals surface area contributed by atoms with Crippen molar-refractivity contribution >= 4 is 18.3 Å². The first kappa shape index (κ1) is 19.2. The molecule has 0 aliphatic rings. The van der Waals surface area contributed by atoms with Gasteiger partial charge in [-0.2, -0.15) is 0 Å². The van der Waals surface area contributed by atoms with Crippen LogP contribution in [0.2, 0.25) is 0 Å². The maximum atomic E-state index is 13.7. The van der Waals surface area contributed by atoms with Gasteiger partial charge in [0, 0.05) is 6.54 Å². The quantitative estimate of drug-likeness (QED) is 0.841. The lowest BCUT2D eigenvalue weighted by Gasteiger charge is -2.30. The van der Waals surface area contributed by atoms with E-state index in [-0.39, 0.29) is 29.9 Å². The Morgan fingerprint density at radius 3 is 2.43 bits per heavy atom. The van der Waals surface area contributed by atoms with Crippen molar-refractivity contribution in [1.29, 1.82) is 0 Å². The van der Waals surface area contributed by atoms with E-state index in [1.165, 1.54) is 6.07 Å². The molecule has 0 aliphatic carbocycles. The lowest BCUT2D eigenvalue weighted by atomic mass is 9.93. The summed E-state index contributed by atoms with van der Waals surface area (Å²) in [6.07, 6.45) is 1.46. The molecule has 3 N–H and O–H groups in total. The zero-order chi connectivity index (χ0) is 16.2. The molecule has 0 spiro atoms. The first-order valence-corrected chi connectivity index (χ1v) is 7.42. The fraction of sp³-hybridized carbons (Fsp3) is 0.353. The minimum atomic E-state index is -0.442. The topological polar surface area (TPSA) is 68.3 Å². The van der Waals surface area contributed by atoms with Crippen molar-refractivity contribution in [2.24, 2.45) is 5.73 Å². The molecular formula is C17H22ClFN2O2. The average molecular weight is 341 g/mol. The summed E-state index contributed by atoms with van der Waals surface area (Å²) in [6.45, 7) is 4.31. The van der Waals surface area contributed by atoms with Crippen molar-refractivity contribution < 1.29 is 13.6 Å². The fourth-order valence-electron chi connectivity index (χ4n) is 2.33. The number of nitrogens with two attached hydrogens (primary N) is 1. The Morgan fingerprint density at radius 1 is 1.22 bits per heavy atom. The molecule has 4 nitrogen and oxygen atoms in total. The van der Waals surface area contributed by atoms with Gasteiger partial charge in [-0.05, 0) is 37.1 Å². The van der Waals surface area contributed by atoms with Crippen LogP contribution in [0.5, 0.6) is 0 Å². The Balaban J connectivity index is 0.00000264. The Hall–Kier alpha value is -1.85. The maximum absolute atomic E-state index is 13.7. The normalized spacial score (nSPS) is 11.0. The van der Waals surface area contributed by atoms with Crippen molar-refractivity contribution in [2.45, 2.75) is 32.2 Å². The van der Waals surface area contributed by atoms with Crippen LogP contribution in [-0.4, -0.2) is 18.0 Å². The molecule has 1 aromatic carbocycles. The lowest BCUT2D eigenvalue weighted by molar-refractivity contribution is 0.0867. The van der Waals surface area contributed by atoms with E-state index < -0.39 is 5.54 Å². The van der Waals surface area contributed by atoms with Gasteiger partial charge in [-0.15, -0.1) is 12.4 Å². The predicted molar refractivity (Wildman–Crippen MR) is 91.2 cm³/mol. The summed E-state index contributed by atoms with van der Waals surface area (Å²) < 4.78 is 19.2. The van der Waals surface area contributed by atoms with Crippen LogP contribution < -0.4 is 11.1 Å². The second kappa shape index (κ2) is 8.13. The van der Waals surface area contributed by atoms with Crippen LogP contribution in [0.15, 0.2) is 40.8 Å². The molecule has 0 atom stereocenters. The molecule has 2 aromatic rings. The monoisotopic (exact) mass is 340 g/mol. The van der Waals surface area contributed by atoms with Crippen LogP contribution >= 0.6 is 12.4 Å². The highest BCUT2D eigenvalue weighted by atomic mass is 35.5. The van der Waals surface area contributed by atoms with Crippen molar-refractivity contribution in [3.8, 4) is 11.3 Å². The second-order valence-electron chi connectivity index (χ2n) is 5.29. The summed E-state index contributed by atoms with van der Waals surface area (Å²) in [5.41, 5.74) is 5.67. The van der Waals surface area contributed by atoms with E-state index in [2.05, 4.69) is 5.32 Å². The molecule has 0 fully saturated rings. The van der Waals surface area contributed by atoms with E-state index in [1.807, 2.05) is 13.8 Å². The van der Waals surface area contributed by atoms with Crippen LogP contribution in [0.3, 0.4) is 0 Å². The number of amides is 1. The summed E-state index contributed by atoms with van der Waals surface area (Å²) in [6, 6.07) is 9.42. The Bertz CT molecular complexity index is 645. The maximum Gasteiger partial charge on any atom is 0.287 e. The fourth-order valence-corrected chi connectivity index (χ4v) is 2.33. The third-order valence-corrected chi connectivity index (χ3v) is 4.09. The van der Waals surface area contributed by atoms with Crippen molar-refractivity contribution in [1.82, 2.24) is 5.32 Å². The number of hydrogen-bond donors (Lipinski definition) is 2. The minimum absolute atomic E-state index is 0. The van der Waals surface area contributed by atoms with E-state index in [1.54, 1.807) is 30.3 Å². The average Bonchev–Trinajstić information content (AvgIpc) is 3.03. The van der Waals surface area contributed by atoms with Crippen molar-refractivity contribution in [3.63, 3.8) is 0 Å². The second-order valence-corrected chi connectivity index (χ2v) is 5.29. The predicted octanol–water partition coefficient (Wildman–Crippen LogP) is 3.75. The summed E-state index contributed by atoms with van der Waals surface area (Å²) in [5.74, 6) is -0.244. The first-order chi connectivity index (χ1) is 10.5. The number of nitrogens with one attached hydrogen (secondary N) is 1.